The van der Waals surface area contributed by atoms with E-state index in [1.165, 1.54) is 6.07 Å². The number of rotatable bonds is 5. The summed E-state index contributed by atoms with van der Waals surface area (Å²) in [7, 11) is -4.00. The lowest BCUT2D eigenvalue weighted by Crippen LogP contribution is -2.16. The maximum atomic E-state index is 13.3. The fourth-order valence-electron chi connectivity index (χ4n) is 3.29. The highest BCUT2D eigenvalue weighted by molar-refractivity contribution is 7.93. The van der Waals surface area contributed by atoms with Crippen molar-refractivity contribution >= 4 is 61.1 Å². The molecule has 10 heteroatoms. The van der Waals surface area contributed by atoms with Crippen LogP contribution in [0, 0.1) is 13.8 Å². The van der Waals surface area contributed by atoms with Gasteiger partial charge in [-0.25, -0.2) is 18.4 Å². The molecule has 0 spiro atoms. The van der Waals surface area contributed by atoms with Gasteiger partial charge in [0.1, 0.15) is 15.9 Å². The Morgan fingerprint density at radius 1 is 0.781 bits per heavy atom. The van der Waals surface area contributed by atoms with Gasteiger partial charge in [-0.15, -0.1) is 0 Å². The number of hydrogen-bond donors (Lipinski definition) is 2. The fraction of sp³-hybridized carbons (Fsp3) is 0.0909. The van der Waals surface area contributed by atoms with Crippen LogP contribution in [0.1, 0.15) is 11.1 Å². The summed E-state index contributed by atoms with van der Waals surface area (Å²) >= 11 is 0.966. The smallest absolute Gasteiger partial charge is 0.265 e. The van der Waals surface area contributed by atoms with Gasteiger partial charge in [-0.05, 0) is 61.4 Å². The molecule has 0 saturated heterocycles. The minimum atomic E-state index is -4.00. The second-order valence-electron chi connectivity index (χ2n) is 7.33. The van der Waals surface area contributed by atoms with Gasteiger partial charge in [0, 0.05) is 5.69 Å². The van der Waals surface area contributed by atoms with Crippen LogP contribution in [0.3, 0.4) is 0 Å². The average molecular weight is 463 g/mol. The summed E-state index contributed by atoms with van der Waals surface area (Å²) in [5, 5.41) is 3.21. The monoisotopic (exact) mass is 462 g/mol. The normalized spacial score (nSPS) is 11.7. The van der Waals surface area contributed by atoms with E-state index in [0.717, 1.165) is 28.5 Å². The summed E-state index contributed by atoms with van der Waals surface area (Å²) in [6.07, 6.45) is 0. The highest BCUT2D eigenvalue weighted by atomic mass is 32.2. The molecule has 2 heterocycles. The Balaban J connectivity index is 1.61. The molecule has 0 fully saturated rings. The molecule has 2 aromatic heterocycles. The molecule has 0 aliphatic rings. The number of sulfonamides is 1. The molecule has 32 heavy (non-hydrogen) atoms. The number of benzene rings is 3. The van der Waals surface area contributed by atoms with Gasteiger partial charge in [0.25, 0.3) is 10.0 Å². The summed E-state index contributed by atoms with van der Waals surface area (Å²) in [6.45, 7) is 4.04. The van der Waals surface area contributed by atoms with Gasteiger partial charge in [0.2, 0.25) is 0 Å². The quantitative estimate of drug-likeness (QED) is 0.386. The van der Waals surface area contributed by atoms with Crippen molar-refractivity contribution < 1.29 is 8.42 Å². The first kappa shape index (κ1) is 20.3. The summed E-state index contributed by atoms with van der Waals surface area (Å²) in [5.74, 6) is 0.404. The van der Waals surface area contributed by atoms with Crippen molar-refractivity contribution in [3.8, 4) is 0 Å². The van der Waals surface area contributed by atoms with Gasteiger partial charge >= 0.3 is 0 Å². The molecule has 160 valence electrons. The van der Waals surface area contributed by atoms with Gasteiger partial charge in [0.05, 0.1) is 22.8 Å². The molecule has 5 aromatic rings. The molecular weight excluding hydrogens is 444 g/mol. The zero-order valence-corrected chi connectivity index (χ0v) is 18.8. The number of aromatic nitrogens is 4. The van der Waals surface area contributed by atoms with E-state index >= 15 is 0 Å². The van der Waals surface area contributed by atoms with Crippen molar-refractivity contribution in [3.05, 3.63) is 71.8 Å². The highest BCUT2D eigenvalue weighted by Crippen LogP contribution is 2.29. The van der Waals surface area contributed by atoms with Crippen molar-refractivity contribution in [2.24, 2.45) is 0 Å². The van der Waals surface area contributed by atoms with Crippen LogP contribution >= 0.6 is 11.7 Å². The first-order valence-electron chi connectivity index (χ1n) is 9.76. The highest BCUT2D eigenvalue weighted by Gasteiger charge is 2.23. The van der Waals surface area contributed by atoms with Crippen molar-refractivity contribution in [2.75, 3.05) is 10.0 Å². The molecule has 5 rings (SSSR count). The zero-order chi connectivity index (χ0) is 22.3. The van der Waals surface area contributed by atoms with Gasteiger partial charge < -0.3 is 5.32 Å². The second kappa shape index (κ2) is 7.81. The zero-order valence-electron chi connectivity index (χ0n) is 17.2. The number of nitrogens with zero attached hydrogens (tertiary/aromatic N) is 4. The molecule has 0 aliphatic heterocycles. The van der Waals surface area contributed by atoms with Gasteiger partial charge in [-0.1, -0.05) is 24.3 Å². The summed E-state index contributed by atoms with van der Waals surface area (Å²) in [4.78, 5) is 9.21. The molecule has 0 radical (unpaired) electrons. The molecular formula is C22H18N6O2S2. The lowest BCUT2D eigenvalue weighted by Gasteiger charge is -2.14. The third-order valence-corrected chi connectivity index (χ3v) is 7.02. The Kier molecular flexibility index (Phi) is 4.95. The Labute approximate surface area is 188 Å². The van der Waals surface area contributed by atoms with Crippen LogP contribution in [-0.2, 0) is 10.0 Å². The molecule has 0 aliphatic carbocycles. The van der Waals surface area contributed by atoms with Crippen LogP contribution < -0.4 is 10.0 Å². The number of anilines is 3. The fourth-order valence-corrected chi connectivity index (χ4v) is 5.07. The Hall–Kier alpha value is -3.63. The van der Waals surface area contributed by atoms with E-state index in [-0.39, 0.29) is 10.7 Å². The molecule has 0 atom stereocenters. The number of fused-ring (bicyclic) bond motifs is 2. The molecule has 2 N–H and O–H groups in total. The van der Waals surface area contributed by atoms with Crippen LogP contribution in [0.4, 0.5) is 17.3 Å². The van der Waals surface area contributed by atoms with Crippen LogP contribution in [-0.4, -0.2) is 27.1 Å². The van der Waals surface area contributed by atoms with Crippen LogP contribution in [0.15, 0.2) is 65.6 Å². The Morgan fingerprint density at radius 3 is 2.25 bits per heavy atom. The minimum absolute atomic E-state index is 0.0378. The first-order chi connectivity index (χ1) is 15.4. The topological polar surface area (TPSA) is 110 Å². The van der Waals surface area contributed by atoms with Gasteiger partial charge in [0.15, 0.2) is 11.6 Å². The van der Waals surface area contributed by atoms with Crippen molar-refractivity contribution in [1.29, 1.82) is 0 Å². The third kappa shape index (κ3) is 3.74. The molecule has 3 aromatic carbocycles. The van der Waals surface area contributed by atoms with E-state index in [4.69, 9.17) is 0 Å². The minimum Gasteiger partial charge on any atom is -0.337 e. The van der Waals surface area contributed by atoms with E-state index in [9.17, 15) is 8.42 Å². The van der Waals surface area contributed by atoms with Crippen LogP contribution in [0.25, 0.3) is 22.1 Å². The maximum Gasteiger partial charge on any atom is 0.265 e. The lowest BCUT2D eigenvalue weighted by molar-refractivity contribution is 0.602. The number of para-hydroxylation sites is 2. The number of aryl methyl sites for hydroxylation is 2. The number of nitrogens with one attached hydrogen (secondary N) is 2. The third-order valence-electron chi connectivity index (χ3n) is 5.11. The Bertz CT molecular complexity index is 1580. The summed E-state index contributed by atoms with van der Waals surface area (Å²) in [5.41, 5.74) is 5.11. The maximum absolute atomic E-state index is 13.3. The van der Waals surface area contributed by atoms with Crippen LogP contribution in [0.5, 0.6) is 0 Å². The first-order valence-corrected chi connectivity index (χ1v) is 12.0. The second-order valence-corrected chi connectivity index (χ2v) is 9.51. The van der Waals surface area contributed by atoms with E-state index in [1.807, 2.05) is 50.2 Å². The van der Waals surface area contributed by atoms with Gasteiger partial charge in [-0.3, -0.25) is 4.72 Å². The molecule has 0 bridgehead atoms. The lowest BCUT2D eigenvalue weighted by atomic mass is 10.1. The molecule has 0 unspecified atom stereocenters. The predicted octanol–water partition coefficient (Wildman–Crippen LogP) is 4.80. The molecule has 8 nitrogen and oxygen atoms in total. The van der Waals surface area contributed by atoms with E-state index in [1.54, 1.807) is 18.2 Å². The Morgan fingerprint density at radius 2 is 1.50 bits per heavy atom. The largest absolute Gasteiger partial charge is 0.337 e. The van der Waals surface area contributed by atoms with E-state index in [0.29, 0.717) is 27.9 Å². The SMILES string of the molecule is Cc1ccc(Nc2nc3ccccc3nc2NS(=O)(=O)c2cccc3nsnc23)cc1C. The van der Waals surface area contributed by atoms with Gasteiger partial charge in [-0.2, -0.15) is 8.75 Å². The average Bonchev–Trinajstić information content (AvgIpc) is 3.25. The summed E-state index contributed by atoms with van der Waals surface area (Å²) in [6, 6.07) is 18.0. The van der Waals surface area contributed by atoms with E-state index in [2.05, 4.69) is 28.8 Å². The van der Waals surface area contributed by atoms with Crippen molar-refractivity contribution in [3.63, 3.8) is 0 Å². The molecule has 0 saturated carbocycles. The predicted molar refractivity (Wildman–Crippen MR) is 127 cm³/mol. The van der Waals surface area contributed by atoms with Crippen molar-refractivity contribution in [1.82, 2.24) is 18.7 Å². The van der Waals surface area contributed by atoms with Crippen molar-refractivity contribution in [2.45, 2.75) is 18.7 Å². The standard InChI is InChI=1S/C22H18N6O2S2/c1-13-10-11-15(12-14(13)2)23-21-22(25-17-7-4-3-6-16(17)24-21)28-32(29,30)19-9-5-8-18-20(19)27-31-26-18/h3-12H,1-2H3,(H,23,24)(H,25,28). The number of hydrogen-bond acceptors (Lipinski definition) is 8. The summed E-state index contributed by atoms with van der Waals surface area (Å²) < 4.78 is 37.4. The molecule has 0 amide bonds. The van der Waals surface area contributed by atoms with E-state index < -0.39 is 10.0 Å². The van der Waals surface area contributed by atoms with Crippen LogP contribution in [0.2, 0.25) is 0 Å².